The lowest BCUT2D eigenvalue weighted by Crippen LogP contribution is -2.31. The van der Waals surface area contributed by atoms with Crippen LogP contribution >= 0.6 is 0 Å². The van der Waals surface area contributed by atoms with E-state index >= 15 is 0 Å². The van der Waals surface area contributed by atoms with Crippen molar-refractivity contribution in [3.8, 4) is 5.75 Å². The molecule has 4 nitrogen and oxygen atoms in total. The van der Waals surface area contributed by atoms with Crippen molar-refractivity contribution in [1.29, 1.82) is 0 Å². The summed E-state index contributed by atoms with van der Waals surface area (Å²) in [6.07, 6.45) is 3.27. The van der Waals surface area contributed by atoms with Gasteiger partial charge < -0.3 is 15.0 Å². The lowest BCUT2D eigenvalue weighted by Gasteiger charge is -2.28. The normalized spacial score (nSPS) is 15.5. The Labute approximate surface area is 162 Å². The van der Waals surface area contributed by atoms with Crippen LogP contribution in [-0.4, -0.2) is 25.1 Å². The van der Waals surface area contributed by atoms with Crippen LogP contribution in [0.1, 0.15) is 51.5 Å². The summed E-state index contributed by atoms with van der Waals surface area (Å²) in [6.45, 7) is 8.26. The minimum absolute atomic E-state index is 0.140. The molecule has 1 heterocycles. The van der Waals surface area contributed by atoms with Gasteiger partial charge >= 0.3 is 0 Å². The van der Waals surface area contributed by atoms with E-state index in [1.54, 1.807) is 6.92 Å². The van der Waals surface area contributed by atoms with Crippen molar-refractivity contribution in [2.45, 2.75) is 52.1 Å². The van der Waals surface area contributed by atoms with Gasteiger partial charge in [-0.25, -0.2) is 0 Å². The number of para-hydroxylation sites is 1. The zero-order chi connectivity index (χ0) is 19.2. The molecule has 0 saturated carbocycles. The van der Waals surface area contributed by atoms with Crippen LogP contribution in [0.3, 0.4) is 0 Å². The molecule has 1 aliphatic rings. The van der Waals surface area contributed by atoms with Crippen LogP contribution in [0.5, 0.6) is 5.75 Å². The van der Waals surface area contributed by atoms with Crippen molar-refractivity contribution < 1.29 is 9.53 Å². The number of nitrogens with zero attached hydrogens (tertiary/aromatic N) is 1. The van der Waals surface area contributed by atoms with Crippen LogP contribution in [0.25, 0.3) is 0 Å². The fraction of sp³-hybridized carbons (Fsp3) is 0.435. The summed E-state index contributed by atoms with van der Waals surface area (Å²) in [6, 6.07) is 16.0. The molecular formula is C23H30N2O2. The maximum Gasteiger partial charge on any atom is 0.265 e. The molecule has 0 radical (unpaired) electrons. The Hall–Kier alpha value is -2.49. The SMILES string of the molecule is CC(Oc1ccccc1C(C)C)C(=O)Nc1ccc(N2CCCCC2)cc1. The van der Waals surface area contributed by atoms with Crippen molar-refractivity contribution >= 4 is 17.3 Å². The molecule has 1 unspecified atom stereocenters. The second-order valence-corrected chi connectivity index (χ2v) is 7.54. The molecule has 27 heavy (non-hydrogen) atoms. The van der Waals surface area contributed by atoms with Crippen LogP contribution in [0.4, 0.5) is 11.4 Å². The molecule has 1 atom stereocenters. The largest absolute Gasteiger partial charge is 0.481 e. The first-order chi connectivity index (χ1) is 13.0. The summed E-state index contributed by atoms with van der Waals surface area (Å²) in [5, 5.41) is 2.96. The molecule has 0 aliphatic carbocycles. The predicted molar refractivity (Wildman–Crippen MR) is 112 cm³/mol. The number of ether oxygens (including phenoxy) is 1. The van der Waals surface area contributed by atoms with Crippen LogP contribution in [0.15, 0.2) is 48.5 Å². The van der Waals surface area contributed by atoms with Gasteiger partial charge in [0, 0.05) is 24.5 Å². The van der Waals surface area contributed by atoms with Gasteiger partial charge in [0.15, 0.2) is 6.10 Å². The molecular weight excluding hydrogens is 336 g/mol. The van der Waals surface area contributed by atoms with Crippen LogP contribution in [-0.2, 0) is 4.79 Å². The van der Waals surface area contributed by atoms with Crippen molar-refractivity contribution in [2.24, 2.45) is 0 Å². The first-order valence-electron chi connectivity index (χ1n) is 9.96. The standard InChI is InChI=1S/C23H30N2O2/c1-17(2)21-9-5-6-10-22(21)27-18(3)23(26)24-19-11-13-20(14-12-19)25-15-7-4-8-16-25/h5-6,9-14,17-18H,4,7-8,15-16H2,1-3H3,(H,24,26). The zero-order valence-corrected chi connectivity index (χ0v) is 16.6. The smallest absolute Gasteiger partial charge is 0.265 e. The molecule has 1 aliphatic heterocycles. The summed E-state index contributed by atoms with van der Waals surface area (Å²) in [4.78, 5) is 14.9. The fourth-order valence-corrected chi connectivity index (χ4v) is 3.46. The Kier molecular flexibility index (Phi) is 6.38. The van der Waals surface area contributed by atoms with E-state index in [1.807, 2.05) is 36.4 Å². The molecule has 0 bridgehead atoms. The molecule has 1 N–H and O–H groups in total. The molecule has 1 saturated heterocycles. The van der Waals surface area contributed by atoms with Crippen LogP contribution in [0.2, 0.25) is 0 Å². The number of piperidine rings is 1. The van der Waals surface area contributed by atoms with E-state index in [0.29, 0.717) is 5.92 Å². The fourth-order valence-electron chi connectivity index (χ4n) is 3.46. The monoisotopic (exact) mass is 366 g/mol. The third kappa shape index (κ3) is 5.03. The Morgan fingerprint density at radius 3 is 2.30 bits per heavy atom. The number of carbonyl (C=O) groups excluding carboxylic acids is 1. The molecule has 144 valence electrons. The number of amides is 1. The van der Waals surface area contributed by atoms with Crippen LogP contribution < -0.4 is 15.0 Å². The van der Waals surface area contributed by atoms with Crippen molar-refractivity contribution in [1.82, 2.24) is 0 Å². The summed E-state index contributed by atoms with van der Waals surface area (Å²) < 4.78 is 5.94. The minimum Gasteiger partial charge on any atom is -0.481 e. The molecule has 2 aromatic rings. The molecule has 4 heteroatoms. The lowest BCUT2D eigenvalue weighted by atomic mass is 10.0. The van der Waals surface area contributed by atoms with E-state index < -0.39 is 6.10 Å². The number of carbonyl (C=O) groups is 1. The molecule has 2 aromatic carbocycles. The van der Waals surface area contributed by atoms with Gasteiger partial charge in [-0.15, -0.1) is 0 Å². The van der Waals surface area contributed by atoms with E-state index in [0.717, 1.165) is 30.1 Å². The van der Waals surface area contributed by atoms with Crippen molar-refractivity contribution in [3.05, 3.63) is 54.1 Å². The van der Waals surface area contributed by atoms with Gasteiger partial charge in [-0.3, -0.25) is 4.79 Å². The van der Waals surface area contributed by atoms with Gasteiger partial charge in [-0.1, -0.05) is 32.0 Å². The highest BCUT2D eigenvalue weighted by Gasteiger charge is 2.18. The average Bonchev–Trinajstić information content (AvgIpc) is 2.69. The number of nitrogens with one attached hydrogen (secondary N) is 1. The lowest BCUT2D eigenvalue weighted by molar-refractivity contribution is -0.122. The van der Waals surface area contributed by atoms with E-state index in [2.05, 4.69) is 36.2 Å². The number of benzene rings is 2. The van der Waals surface area contributed by atoms with Gasteiger partial charge in [0.25, 0.3) is 5.91 Å². The van der Waals surface area contributed by atoms with Crippen molar-refractivity contribution in [2.75, 3.05) is 23.3 Å². The van der Waals surface area contributed by atoms with E-state index in [9.17, 15) is 4.79 Å². The summed E-state index contributed by atoms with van der Waals surface area (Å²) in [5.74, 6) is 0.980. The van der Waals surface area contributed by atoms with E-state index in [-0.39, 0.29) is 5.91 Å². The highest BCUT2D eigenvalue weighted by atomic mass is 16.5. The topological polar surface area (TPSA) is 41.6 Å². The number of hydrogen-bond acceptors (Lipinski definition) is 3. The van der Waals surface area contributed by atoms with Gasteiger partial charge in [0.05, 0.1) is 0 Å². The first-order valence-corrected chi connectivity index (χ1v) is 9.96. The number of anilines is 2. The highest BCUT2D eigenvalue weighted by Crippen LogP contribution is 2.27. The average molecular weight is 367 g/mol. The quantitative estimate of drug-likeness (QED) is 0.763. The third-order valence-electron chi connectivity index (χ3n) is 5.07. The van der Waals surface area contributed by atoms with Gasteiger partial charge in [-0.05, 0) is 68.0 Å². The molecule has 1 amide bonds. The Balaban J connectivity index is 1.59. The summed E-state index contributed by atoms with van der Waals surface area (Å²) in [5.41, 5.74) is 3.14. The number of hydrogen-bond donors (Lipinski definition) is 1. The maximum absolute atomic E-state index is 12.5. The Bertz CT molecular complexity index is 749. The second-order valence-electron chi connectivity index (χ2n) is 7.54. The second kappa shape index (κ2) is 8.94. The third-order valence-corrected chi connectivity index (χ3v) is 5.07. The van der Waals surface area contributed by atoms with E-state index in [4.69, 9.17) is 4.74 Å². The number of rotatable bonds is 6. The summed E-state index contributed by atoms with van der Waals surface area (Å²) >= 11 is 0. The predicted octanol–water partition coefficient (Wildman–Crippen LogP) is 5.21. The first kappa shape index (κ1) is 19.3. The van der Waals surface area contributed by atoms with Crippen LogP contribution in [0, 0.1) is 0 Å². The maximum atomic E-state index is 12.5. The Morgan fingerprint density at radius 2 is 1.63 bits per heavy atom. The Morgan fingerprint density at radius 1 is 0.963 bits per heavy atom. The highest BCUT2D eigenvalue weighted by molar-refractivity contribution is 5.94. The minimum atomic E-state index is -0.563. The molecule has 0 aromatic heterocycles. The molecule has 1 fully saturated rings. The van der Waals surface area contributed by atoms with Crippen molar-refractivity contribution in [3.63, 3.8) is 0 Å². The van der Waals surface area contributed by atoms with Gasteiger partial charge in [0.2, 0.25) is 0 Å². The van der Waals surface area contributed by atoms with E-state index in [1.165, 1.54) is 24.9 Å². The molecule has 3 rings (SSSR count). The zero-order valence-electron chi connectivity index (χ0n) is 16.6. The summed E-state index contributed by atoms with van der Waals surface area (Å²) in [7, 11) is 0. The van der Waals surface area contributed by atoms with Gasteiger partial charge in [-0.2, -0.15) is 0 Å². The van der Waals surface area contributed by atoms with Gasteiger partial charge in [0.1, 0.15) is 5.75 Å². The molecule has 0 spiro atoms.